The van der Waals surface area contributed by atoms with Crippen molar-refractivity contribution in [2.75, 3.05) is 0 Å². The predicted molar refractivity (Wildman–Crippen MR) is 351 cm³/mol. The first-order chi connectivity index (χ1) is 52.0. The van der Waals surface area contributed by atoms with Gasteiger partial charge in [0.1, 0.15) is 71.9 Å². The molecule has 21 unspecified atom stereocenters. The van der Waals surface area contributed by atoms with Gasteiger partial charge in [-0.3, -0.25) is 24.2 Å². The van der Waals surface area contributed by atoms with E-state index >= 15 is 0 Å². The second kappa shape index (κ2) is 47.4. The smallest absolute Gasteiger partial charge is 0.314 e. The third kappa shape index (κ3) is 23.4. The Balaban J connectivity index is 0.000000623. The van der Waals surface area contributed by atoms with Crippen molar-refractivity contribution < 1.29 is 40.9 Å². The molecule has 0 aromatic heterocycles. The number of rotatable bonds is 18. The molecule has 0 spiro atoms. The molecule has 8 saturated carbocycles. The van der Waals surface area contributed by atoms with Crippen LogP contribution in [0, 0.1) is 295 Å². The van der Waals surface area contributed by atoms with Crippen LogP contribution in [0.25, 0.3) is 44.0 Å². The van der Waals surface area contributed by atoms with E-state index < -0.39 is 168 Å². The first kappa shape index (κ1) is 90.3. The first-order valence-electron chi connectivity index (χ1n) is 31.1. The Kier molecular flexibility index (Phi) is 39.7. The van der Waals surface area contributed by atoms with E-state index in [2.05, 4.69) is 103 Å². The van der Waals surface area contributed by atoms with E-state index in [1.807, 2.05) is 0 Å². The van der Waals surface area contributed by atoms with Crippen LogP contribution in [-0.4, -0.2) is 174 Å². The van der Waals surface area contributed by atoms with Crippen LogP contribution in [0.2, 0.25) is 0 Å². The third-order valence-corrected chi connectivity index (χ3v) is 17.2. The molecule has 0 aromatic rings. The second-order valence-corrected chi connectivity index (χ2v) is 23.3. The fourth-order valence-corrected chi connectivity index (χ4v) is 11.1. The Hall–Kier alpha value is -15.7. The molecule has 546 valence electrons. The van der Waals surface area contributed by atoms with Crippen LogP contribution in [0.5, 0.6) is 0 Å². The molecule has 0 aliphatic heterocycles. The number of nitrogens with one attached hydrogen (secondary N) is 11. The summed E-state index contributed by atoms with van der Waals surface area (Å²) in [6.45, 7) is 59.9. The van der Waals surface area contributed by atoms with Crippen LogP contribution in [-0.2, 0) is 0 Å². The second-order valence-electron chi connectivity index (χ2n) is 23.3. The monoisotopic (exact) mass is 1460 g/mol. The molecule has 21 atom stereocenters. The fraction of sp³-hybridized carbons (Fsp3) is 0.578. The Labute approximate surface area is 619 Å². The molecule has 108 heavy (non-hydrogen) atoms. The van der Waals surface area contributed by atoms with E-state index in [0.717, 1.165) is 0 Å². The largest absolute Gasteiger partial charge is 0.508 e. The van der Waals surface area contributed by atoms with Gasteiger partial charge in [-0.15, -0.1) is 16.3 Å². The summed E-state index contributed by atoms with van der Waals surface area (Å²) < 4.78 is 0. The molecule has 0 heterocycles. The van der Waals surface area contributed by atoms with Crippen LogP contribution in [0.1, 0.15) is 38.5 Å². The van der Waals surface area contributed by atoms with Gasteiger partial charge in [0, 0.05) is 11.8 Å². The van der Waals surface area contributed by atoms with Crippen LogP contribution < -0.4 is 58.9 Å². The molecule has 0 radical (unpaired) electrons. The molecule has 9 rings (SSSR count). The molecule has 19 N–H and O–H groups in total. The molecule has 0 saturated heterocycles. The average molecular weight is 1460 g/mol. The SMILES string of the molecule is C1CC1.C1CC1.[C-]#[N+]C(C#N)C1C(C(C#N)C#N)C1C(C#N)C#N.[C-]#[N+]C(C#N)C1C(O)C(C(C#N)[N+]#[C-])C1O.[C-]#[N+]C(C#N)C1C(O)C(O)C1C(C#N)[N+]#[C-].[C-]#[N+]NC1=C(O)C(NC#N)C1O.[C-]#[N+]NC1C(NC#N)C(NC#N)C1NC#N.[C-]#[N+]NC1C(NC#N)C1NC#N.[C-]#[N+]NC1C(O)C(O)C1NC#N. The highest BCUT2D eigenvalue weighted by Crippen LogP contribution is 2.57. The van der Waals surface area contributed by atoms with E-state index in [-0.39, 0.29) is 29.6 Å². The fourth-order valence-electron chi connectivity index (χ4n) is 11.1. The Morgan fingerprint density at radius 3 is 0.787 bits per heavy atom. The first-order valence-corrected chi connectivity index (χ1v) is 31.1. The summed E-state index contributed by atoms with van der Waals surface area (Å²) in [5.74, 6) is -7.20. The Bertz CT molecular complexity index is 3810. The maximum atomic E-state index is 9.65. The van der Waals surface area contributed by atoms with Crippen molar-refractivity contribution in [3.63, 3.8) is 0 Å². The minimum atomic E-state index is -1.21. The molecule has 44 heteroatoms. The Morgan fingerprint density at radius 1 is 0.287 bits per heavy atom. The molecule has 0 bridgehead atoms. The number of aliphatic hydroxyl groups excluding tert-OH is 8. The lowest BCUT2D eigenvalue weighted by molar-refractivity contribution is -0.153. The van der Waals surface area contributed by atoms with Crippen molar-refractivity contribution in [1.29, 1.82) is 84.2 Å². The van der Waals surface area contributed by atoms with E-state index in [1.165, 1.54) is 38.5 Å². The highest BCUT2D eigenvalue weighted by molar-refractivity contribution is 5.33. The van der Waals surface area contributed by atoms with Crippen LogP contribution in [0.3, 0.4) is 0 Å². The van der Waals surface area contributed by atoms with E-state index in [4.69, 9.17) is 164 Å². The highest BCUT2D eigenvalue weighted by Gasteiger charge is 2.66. The predicted octanol–water partition coefficient (Wildman–Crippen LogP) is -3.79. The molecule has 0 amide bonds. The van der Waals surface area contributed by atoms with E-state index in [1.54, 1.807) is 98.0 Å². The van der Waals surface area contributed by atoms with Gasteiger partial charge < -0.3 is 78.1 Å². The van der Waals surface area contributed by atoms with Crippen LogP contribution >= 0.6 is 0 Å². The van der Waals surface area contributed by atoms with Gasteiger partial charge in [-0.1, -0.05) is 44.0 Å². The summed E-state index contributed by atoms with van der Waals surface area (Å²) in [5, 5.41) is 229. The maximum Gasteiger partial charge on any atom is 0.314 e. The standard InChI is InChI=1S/C12H6N6.2C10H8N4O2.C8H8N8.C6H6N6.C6H6N4O2.C6H8N4O2.2C3H6/c1-18-9(6-17)12-10(7(2-13)3-14)11(12)8(4-15)5-16;1-13-5(3-11)7-9(15)8(10(7)16)6(4-12)14-2;1-13-5(3-11)7-8(6(4-12)14-2)10(16)9(7)15;1-12-16-8-6(14-3-10)5(13-2-9)7(8)15-4-11;1-9-12-6-4(10-2-7)5(6)11-3-8;1-8-10-4-5(11)3(6(4)12)9-2-7;1-8-10-4-3(9-2-7)5(11)6(4)12;2*1-2-3-1/h7-12H;2*5-10,15-16H;5-8,13-16H;4-6,10-12H;3,5,9-12H;3-6,9-12H;2*1-3H2. The zero-order chi connectivity index (χ0) is 81.8. The van der Waals surface area contributed by atoms with Crippen molar-refractivity contribution >= 4 is 0 Å². The molecule has 9 aliphatic rings. The number of nitriles is 16. The quantitative estimate of drug-likeness (QED) is 0.0271. The maximum absolute atomic E-state index is 9.65. The van der Waals surface area contributed by atoms with Crippen LogP contribution in [0.15, 0.2) is 11.5 Å². The zero-order valence-corrected chi connectivity index (χ0v) is 55.9. The van der Waals surface area contributed by atoms with E-state index in [0.29, 0.717) is 0 Å². The van der Waals surface area contributed by atoms with Crippen molar-refractivity contribution in [2.24, 2.45) is 53.3 Å². The van der Waals surface area contributed by atoms with Crippen LogP contribution in [0.4, 0.5) is 0 Å². The summed E-state index contributed by atoms with van der Waals surface area (Å²) in [4.78, 5) is 26.7. The lowest BCUT2D eigenvalue weighted by atomic mass is 9.62. The molecule has 9 aliphatic carbocycles. The normalized spacial score (nSPS) is 31.2. The molecule has 44 nitrogen and oxygen atoms in total. The van der Waals surface area contributed by atoms with Gasteiger partial charge in [0.2, 0.25) is 0 Å². The minimum Gasteiger partial charge on any atom is -0.508 e. The number of hydrogen-bond acceptors (Lipinski definition) is 35. The van der Waals surface area contributed by atoms with E-state index in [9.17, 15) is 20.4 Å². The summed E-state index contributed by atoms with van der Waals surface area (Å²) in [6.07, 6.45) is 13.3. The van der Waals surface area contributed by atoms with Gasteiger partial charge in [-0.05, 0) is 0 Å². The van der Waals surface area contributed by atoms with Gasteiger partial charge in [0.25, 0.3) is 0 Å². The number of aliphatic hydroxyl groups is 8. The van der Waals surface area contributed by atoms with Crippen molar-refractivity contribution in [2.45, 2.75) is 172 Å². The summed E-state index contributed by atoms with van der Waals surface area (Å²) in [7, 11) is 0. The van der Waals surface area contributed by atoms with Gasteiger partial charge in [0.05, 0.1) is 103 Å². The van der Waals surface area contributed by atoms with Gasteiger partial charge in [-0.25, -0.2) is 32.9 Å². The number of nitrogens with zero attached hydrogens (tertiary/aromatic N) is 25. The third-order valence-electron chi connectivity index (χ3n) is 17.2. The van der Waals surface area contributed by atoms with Crippen molar-refractivity contribution in [1.82, 2.24) is 58.9 Å². The topological polar surface area (TPSA) is 714 Å². The number of hydrogen-bond donors (Lipinski definition) is 19. The van der Waals surface area contributed by atoms with Crippen molar-refractivity contribution in [3.8, 4) is 98.0 Å². The highest BCUT2D eigenvalue weighted by atomic mass is 16.3. The summed E-state index contributed by atoms with van der Waals surface area (Å²) >= 11 is 0. The lowest BCUT2D eigenvalue weighted by Gasteiger charge is -2.46. The molecule has 0 aromatic carbocycles. The molecule has 8 fully saturated rings. The Morgan fingerprint density at radius 2 is 0.546 bits per heavy atom. The summed E-state index contributed by atoms with van der Waals surface area (Å²) in [6, 6.07) is 6.20. The average Bonchev–Trinajstić information content (AvgIpc) is 1.69. The molecular formula is C64H62N36O8. The van der Waals surface area contributed by atoms with Gasteiger partial charge in [-0.2, -0.15) is 130 Å². The minimum absolute atomic E-state index is 0.0535. The van der Waals surface area contributed by atoms with Gasteiger partial charge in [0.15, 0.2) is 79.4 Å². The lowest BCUT2D eigenvalue weighted by Crippen LogP contribution is -2.79. The van der Waals surface area contributed by atoms with Gasteiger partial charge >= 0.3 is 30.2 Å². The summed E-state index contributed by atoms with van der Waals surface area (Å²) in [5.41, 5.74) is 9.32. The van der Waals surface area contributed by atoms with Crippen molar-refractivity contribution in [3.05, 3.63) is 115 Å². The molecular weight excluding hydrogens is 1400 g/mol. The zero-order valence-electron chi connectivity index (χ0n) is 55.9.